The number of carboxylic acid groups (broad SMARTS) is 1. The van der Waals surface area contributed by atoms with Crippen molar-refractivity contribution in [1.82, 2.24) is 9.55 Å². The molecule has 2 aromatic carbocycles. The molecular formula is C24H25ClN2O5S. The van der Waals surface area contributed by atoms with Crippen LogP contribution in [-0.4, -0.2) is 34.5 Å². The van der Waals surface area contributed by atoms with Crippen LogP contribution in [0.2, 0.25) is 5.02 Å². The predicted molar refractivity (Wildman–Crippen MR) is 127 cm³/mol. The van der Waals surface area contributed by atoms with Gasteiger partial charge in [-0.15, -0.1) is 11.8 Å². The second kappa shape index (κ2) is 10.4. The molecule has 0 unspecified atom stereocenters. The molecule has 1 aliphatic heterocycles. The van der Waals surface area contributed by atoms with Gasteiger partial charge < -0.3 is 23.9 Å². The summed E-state index contributed by atoms with van der Waals surface area (Å²) in [5.41, 5.74) is 1.94. The first-order valence-corrected chi connectivity index (χ1v) is 12.0. The van der Waals surface area contributed by atoms with Gasteiger partial charge >= 0.3 is 5.97 Å². The minimum atomic E-state index is -1.04. The molecule has 0 amide bonds. The van der Waals surface area contributed by atoms with Crippen molar-refractivity contribution in [3.8, 4) is 17.2 Å². The van der Waals surface area contributed by atoms with E-state index in [-0.39, 0.29) is 12.5 Å². The SMILES string of the molecule is CCCCc1nc(C(=O)O)c(SCc2ccc(OC)cc2)n1Cc1cc2c(cc1Cl)OCO2. The summed E-state index contributed by atoms with van der Waals surface area (Å²) < 4.78 is 18.1. The summed E-state index contributed by atoms with van der Waals surface area (Å²) in [7, 11) is 1.63. The molecule has 1 aliphatic rings. The third-order valence-corrected chi connectivity index (χ3v) is 6.88. The molecule has 33 heavy (non-hydrogen) atoms. The van der Waals surface area contributed by atoms with Crippen LogP contribution in [-0.2, 0) is 18.7 Å². The van der Waals surface area contributed by atoms with Crippen LogP contribution in [0.3, 0.4) is 0 Å². The number of imidazole rings is 1. The first-order chi connectivity index (χ1) is 16.0. The molecule has 0 saturated heterocycles. The molecule has 0 aliphatic carbocycles. The van der Waals surface area contributed by atoms with Crippen molar-refractivity contribution in [3.05, 3.63) is 64.1 Å². The second-order valence-electron chi connectivity index (χ2n) is 7.61. The van der Waals surface area contributed by atoms with Crippen LogP contribution < -0.4 is 14.2 Å². The number of carboxylic acids is 1. The molecule has 0 saturated carbocycles. The molecule has 0 spiro atoms. The molecule has 0 bridgehead atoms. The lowest BCUT2D eigenvalue weighted by Crippen LogP contribution is -2.08. The number of halogens is 1. The number of aromatic carboxylic acids is 1. The van der Waals surface area contributed by atoms with E-state index in [1.165, 1.54) is 11.8 Å². The third-order valence-electron chi connectivity index (χ3n) is 5.36. The maximum Gasteiger partial charge on any atom is 0.357 e. The molecule has 1 N–H and O–H groups in total. The van der Waals surface area contributed by atoms with Crippen LogP contribution in [0.4, 0.5) is 0 Å². The number of fused-ring (bicyclic) bond motifs is 1. The quantitative estimate of drug-likeness (QED) is 0.369. The van der Waals surface area contributed by atoms with Gasteiger partial charge in [0.1, 0.15) is 16.6 Å². The normalized spacial score (nSPS) is 12.2. The lowest BCUT2D eigenvalue weighted by Gasteiger charge is -2.14. The molecule has 7 nitrogen and oxygen atoms in total. The van der Waals surface area contributed by atoms with Gasteiger partial charge in [-0.25, -0.2) is 9.78 Å². The molecule has 0 atom stereocenters. The van der Waals surface area contributed by atoms with E-state index in [9.17, 15) is 9.90 Å². The van der Waals surface area contributed by atoms with E-state index in [1.807, 2.05) is 34.9 Å². The Kier molecular flexibility index (Phi) is 7.35. The number of hydrogen-bond acceptors (Lipinski definition) is 6. The van der Waals surface area contributed by atoms with Crippen LogP contribution in [0.5, 0.6) is 17.2 Å². The number of carbonyl (C=O) groups is 1. The standard InChI is InChI=1S/C24H25ClN2O5S/c1-3-4-5-21-26-22(24(28)29)23(33-13-15-6-8-17(30-2)9-7-15)27(21)12-16-10-19-20(11-18(16)25)32-14-31-19/h6-11H,3-5,12-14H2,1-2H3,(H,28,29). The van der Waals surface area contributed by atoms with Gasteiger partial charge in [-0.3, -0.25) is 0 Å². The van der Waals surface area contributed by atoms with E-state index in [1.54, 1.807) is 13.2 Å². The lowest BCUT2D eigenvalue weighted by molar-refractivity contribution is 0.0686. The highest BCUT2D eigenvalue weighted by Crippen LogP contribution is 2.38. The number of nitrogens with zero attached hydrogens (tertiary/aromatic N) is 2. The summed E-state index contributed by atoms with van der Waals surface area (Å²) in [6.07, 6.45) is 2.57. The van der Waals surface area contributed by atoms with Gasteiger partial charge in [-0.2, -0.15) is 0 Å². The average molecular weight is 489 g/mol. The minimum absolute atomic E-state index is 0.0662. The first-order valence-electron chi connectivity index (χ1n) is 10.7. The van der Waals surface area contributed by atoms with E-state index >= 15 is 0 Å². The van der Waals surface area contributed by atoms with Crippen molar-refractivity contribution in [3.63, 3.8) is 0 Å². The van der Waals surface area contributed by atoms with E-state index in [4.69, 9.17) is 25.8 Å². The number of thioether (sulfide) groups is 1. The van der Waals surface area contributed by atoms with Crippen molar-refractivity contribution in [2.75, 3.05) is 13.9 Å². The number of unbranched alkanes of at least 4 members (excludes halogenated alkanes) is 1. The molecule has 174 valence electrons. The van der Waals surface area contributed by atoms with Gasteiger partial charge in [0, 0.05) is 23.3 Å². The Morgan fingerprint density at radius 1 is 1.24 bits per heavy atom. The lowest BCUT2D eigenvalue weighted by atomic mass is 10.2. The Morgan fingerprint density at radius 2 is 1.97 bits per heavy atom. The van der Waals surface area contributed by atoms with E-state index in [2.05, 4.69) is 11.9 Å². The minimum Gasteiger partial charge on any atom is -0.497 e. The van der Waals surface area contributed by atoms with E-state index < -0.39 is 5.97 Å². The average Bonchev–Trinajstić information content (AvgIpc) is 3.41. The largest absolute Gasteiger partial charge is 0.497 e. The number of hydrogen-bond donors (Lipinski definition) is 1. The topological polar surface area (TPSA) is 82.8 Å². The van der Waals surface area contributed by atoms with Gasteiger partial charge in [-0.05, 0) is 35.7 Å². The summed E-state index contributed by atoms with van der Waals surface area (Å²) in [6, 6.07) is 11.3. The van der Waals surface area contributed by atoms with Crippen molar-refractivity contribution in [2.45, 2.75) is 43.5 Å². The Balaban J connectivity index is 1.69. The van der Waals surface area contributed by atoms with E-state index in [0.717, 1.165) is 35.5 Å². The molecule has 0 radical (unpaired) electrons. The number of methoxy groups -OCH3 is 1. The molecule has 2 heterocycles. The Morgan fingerprint density at radius 3 is 2.64 bits per heavy atom. The van der Waals surface area contributed by atoms with Gasteiger partial charge in [0.25, 0.3) is 0 Å². The monoisotopic (exact) mass is 488 g/mol. The maximum atomic E-state index is 12.1. The zero-order valence-electron chi connectivity index (χ0n) is 18.5. The van der Waals surface area contributed by atoms with Crippen LogP contribution in [0.25, 0.3) is 0 Å². The van der Waals surface area contributed by atoms with Gasteiger partial charge in [0.05, 0.1) is 13.7 Å². The van der Waals surface area contributed by atoms with Crippen LogP contribution >= 0.6 is 23.4 Å². The molecule has 0 fully saturated rings. The number of aryl methyl sites for hydroxylation is 1. The van der Waals surface area contributed by atoms with Crippen LogP contribution in [0.15, 0.2) is 41.4 Å². The highest BCUT2D eigenvalue weighted by molar-refractivity contribution is 7.98. The highest BCUT2D eigenvalue weighted by atomic mass is 35.5. The van der Waals surface area contributed by atoms with Crippen molar-refractivity contribution >= 4 is 29.3 Å². The first kappa shape index (κ1) is 23.3. The smallest absolute Gasteiger partial charge is 0.357 e. The van der Waals surface area contributed by atoms with Crippen LogP contribution in [0.1, 0.15) is 47.2 Å². The second-order valence-corrected chi connectivity index (χ2v) is 8.98. The van der Waals surface area contributed by atoms with Crippen molar-refractivity contribution < 1.29 is 24.1 Å². The Labute approximate surface area is 201 Å². The number of benzene rings is 2. The highest BCUT2D eigenvalue weighted by Gasteiger charge is 2.24. The third kappa shape index (κ3) is 5.23. The summed E-state index contributed by atoms with van der Waals surface area (Å²) in [6.45, 7) is 2.65. The summed E-state index contributed by atoms with van der Waals surface area (Å²) in [5.74, 6) is 2.31. The number of ether oxygens (including phenoxy) is 3. The predicted octanol–water partition coefficient (Wildman–Crippen LogP) is 5.66. The Hall–Kier alpha value is -2.84. The summed E-state index contributed by atoms with van der Waals surface area (Å²) >= 11 is 7.99. The molecule has 3 aromatic rings. The molecular weight excluding hydrogens is 464 g/mol. The fourth-order valence-corrected chi connectivity index (χ4v) is 4.89. The van der Waals surface area contributed by atoms with Gasteiger partial charge in [0.15, 0.2) is 17.2 Å². The molecule has 4 rings (SSSR count). The van der Waals surface area contributed by atoms with Gasteiger partial charge in [-0.1, -0.05) is 37.1 Å². The van der Waals surface area contributed by atoms with E-state index in [0.29, 0.717) is 40.3 Å². The number of aromatic nitrogens is 2. The van der Waals surface area contributed by atoms with Gasteiger partial charge in [0.2, 0.25) is 6.79 Å². The summed E-state index contributed by atoms with van der Waals surface area (Å²) in [4.78, 5) is 16.6. The Bertz CT molecular complexity index is 1150. The fourth-order valence-electron chi connectivity index (χ4n) is 3.58. The van der Waals surface area contributed by atoms with Crippen molar-refractivity contribution in [1.29, 1.82) is 0 Å². The number of rotatable bonds is 10. The zero-order valence-corrected chi connectivity index (χ0v) is 20.0. The molecule has 9 heteroatoms. The summed E-state index contributed by atoms with van der Waals surface area (Å²) in [5, 5.41) is 11.0. The fraction of sp³-hybridized carbons (Fsp3) is 0.333. The molecule has 1 aromatic heterocycles. The van der Waals surface area contributed by atoms with Crippen LogP contribution in [0, 0.1) is 0 Å². The maximum absolute atomic E-state index is 12.1. The van der Waals surface area contributed by atoms with Crippen molar-refractivity contribution in [2.24, 2.45) is 0 Å². The zero-order chi connectivity index (χ0) is 23.4.